The van der Waals surface area contributed by atoms with Gasteiger partial charge in [0, 0.05) is 17.4 Å². The Balaban J connectivity index is 1.82. The van der Waals surface area contributed by atoms with Crippen LogP contribution in [0.1, 0.15) is 43.1 Å². The van der Waals surface area contributed by atoms with Gasteiger partial charge in [0.25, 0.3) is 5.91 Å². The number of nitrogen functional groups attached to an aromatic ring is 1. The zero-order valence-electron chi connectivity index (χ0n) is 17.2. The minimum atomic E-state index is -0.346. The zero-order valence-corrected chi connectivity index (χ0v) is 17.2. The molecule has 0 fully saturated rings. The van der Waals surface area contributed by atoms with Gasteiger partial charge in [-0.3, -0.25) is 9.59 Å². The minimum Gasteiger partial charge on any atom is -0.396 e. The molecule has 0 bridgehead atoms. The first kappa shape index (κ1) is 19.5. The summed E-state index contributed by atoms with van der Waals surface area (Å²) in [6, 6.07) is 18.5. The molecule has 2 heterocycles. The number of carbonyl (C=O) groups is 2. The molecule has 150 valence electrons. The normalized spacial score (nSPS) is 10.9. The Hall–Kier alpha value is -3.86. The fraction of sp³-hybridized carbons (Fsp3) is 0.120. The Morgan fingerprint density at radius 1 is 0.900 bits per heavy atom. The molecule has 0 saturated carbocycles. The first-order valence-corrected chi connectivity index (χ1v) is 9.75. The van der Waals surface area contributed by atoms with Crippen LogP contribution in [0.2, 0.25) is 0 Å². The van der Waals surface area contributed by atoms with Crippen molar-refractivity contribution in [2.75, 3.05) is 11.1 Å². The summed E-state index contributed by atoms with van der Waals surface area (Å²) in [5.41, 5.74) is 12.1. The molecule has 0 spiro atoms. The number of rotatable bonds is 4. The zero-order chi connectivity index (χ0) is 21.4. The third-order valence-electron chi connectivity index (χ3n) is 5.37. The second kappa shape index (κ2) is 7.52. The highest BCUT2D eigenvalue weighted by molar-refractivity contribution is 6.20. The fourth-order valence-electron chi connectivity index (χ4n) is 3.63. The summed E-state index contributed by atoms with van der Waals surface area (Å²) in [6.07, 6.45) is 1.75. The van der Waals surface area contributed by atoms with Gasteiger partial charge in [-0.1, -0.05) is 30.3 Å². The molecule has 0 saturated heterocycles. The quantitative estimate of drug-likeness (QED) is 0.479. The molecule has 3 N–H and O–H groups in total. The number of hydrogen-bond acceptors (Lipinski definition) is 3. The Morgan fingerprint density at radius 2 is 1.70 bits per heavy atom. The van der Waals surface area contributed by atoms with Crippen molar-refractivity contribution in [3.8, 4) is 0 Å². The Bertz CT molecular complexity index is 1300. The standard InChI is InChI=1S/C25H23N3O2/c1-15-7-6-8-19(13-15)27-25(30)21-20-9-4-5-12-28(20)23(22(21)26)24(29)18-11-10-16(2)17(3)14-18/h4-14H,26H2,1-3H3,(H,27,30). The molecule has 0 aliphatic rings. The number of pyridine rings is 1. The lowest BCUT2D eigenvalue weighted by Gasteiger charge is -2.07. The van der Waals surface area contributed by atoms with Crippen LogP contribution in [0.5, 0.6) is 0 Å². The topological polar surface area (TPSA) is 76.6 Å². The lowest BCUT2D eigenvalue weighted by molar-refractivity contribution is 0.102. The fourth-order valence-corrected chi connectivity index (χ4v) is 3.63. The van der Waals surface area contributed by atoms with Crippen molar-refractivity contribution in [1.29, 1.82) is 0 Å². The molecular weight excluding hydrogens is 374 g/mol. The van der Waals surface area contributed by atoms with Crippen molar-refractivity contribution in [3.63, 3.8) is 0 Å². The second-order valence-corrected chi connectivity index (χ2v) is 7.54. The smallest absolute Gasteiger partial charge is 0.259 e. The number of nitrogens with two attached hydrogens (primary N) is 1. The predicted octanol–water partition coefficient (Wildman–Crippen LogP) is 4.93. The predicted molar refractivity (Wildman–Crippen MR) is 120 cm³/mol. The monoisotopic (exact) mass is 397 g/mol. The van der Waals surface area contributed by atoms with E-state index in [4.69, 9.17) is 5.73 Å². The van der Waals surface area contributed by atoms with Crippen molar-refractivity contribution >= 4 is 28.6 Å². The molecule has 1 amide bonds. The molecule has 0 atom stereocenters. The van der Waals surface area contributed by atoms with E-state index in [2.05, 4.69) is 5.32 Å². The van der Waals surface area contributed by atoms with Crippen molar-refractivity contribution in [3.05, 3.63) is 100 Å². The van der Waals surface area contributed by atoms with Crippen LogP contribution in [0.3, 0.4) is 0 Å². The molecule has 2 aromatic carbocycles. The van der Waals surface area contributed by atoms with E-state index in [0.717, 1.165) is 16.7 Å². The van der Waals surface area contributed by atoms with Gasteiger partial charge >= 0.3 is 0 Å². The van der Waals surface area contributed by atoms with Gasteiger partial charge in [-0.05, 0) is 67.8 Å². The number of nitrogens with one attached hydrogen (secondary N) is 1. The number of aromatic nitrogens is 1. The SMILES string of the molecule is Cc1cccc(NC(=O)c2c(N)c(C(=O)c3ccc(C)c(C)c3)n3ccccc23)c1. The van der Waals surface area contributed by atoms with Gasteiger partial charge in [0.05, 0.1) is 16.8 Å². The highest BCUT2D eigenvalue weighted by Crippen LogP contribution is 2.29. The average Bonchev–Trinajstić information content (AvgIpc) is 3.01. The highest BCUT2D eigenvalue weighted by Gasteiger charge is 2.26. The van der Waals surface area contributed by atoms with E-state index in [1.807, 2.05) is 69.3 Å². The van der Waals surface area contributed by atoms with E-state index in [1.54, 1.807) is 22.7 Å². The third kappa shape index (κ3) is 3.35. The molecule has 5 nitrogen and oxygen atoms in total. The largest absolute Gasteiger partial charge is 0.396 e. The lowest BCUT2D eigenvalue weighted by Crippen LogP contribution is -2.14. The van der Waals surface area contributed by atoms with Crippen molar-refractivity contribution in [2.24, 2.45) is 0 Å². The maximum Gasteiger partial charge on any atom is 0.259 e. The van der Waals surface area contributed by atoms with Crippen LogP contribution in [0.15, 0.2) is 66.9 Å². The van der Waals surface area contributed by atoms with Crippen molar-refractivity contribution in [2.45, 2.75) is 20.8 Å². The summed E-state index contributed by atoms with van der Waals surface area (Å²) in [5, 5.41) is 2.90. The van der Waals surface area contributed by atoms with Gasteiger partial charge in [0.2, 0.25) is 5.78 Å². The summed E-state index contributed by atoms with van der Waals surface area (Å²) in [7, 11) is 0. The molecule has 0 radical (unpaired) electrons. The third-order valence-corrected chi connectivity index (χ3v) is 5.37. The van der Waals surface area contributed by atoms with E-state index in [0.29, 0.717) is 28.0 Å². The van der Waals surface area contributed by atoms with Crippen LogP contribution in [0.4, 0.5) is 11.4 Å². The van der Waals surface area contributed by atoms with Crippen LogP contribution in [-0.4, -0.2) is 16.1 Å². The maximum atomic E-state index is 13.4. The molecule has 0 aliphatic carbocycles. The lowest BCUT2D eigenvalue weighted by atomic mass is 10.0. The van der Waals surface area contributed by atoms with Gasteiger partial charge in [-0.15, -0.1) is 0 Å². The summed E-state index contributed by atoms with van der Waals surface area (Å²) >= 11 is 0. The average molecular weight is 397 g/mol. The van der Waals surface area contributed by atoms with Gasteiger partial charge in [0.1, 0.15) is 5.69 Å². The van der Waals surface area contributed by atoms with E-state index in [-0.39, 0.29) is 17.4 Å². The summed E-state index contributed by atoms with van der Waals surface area (Å²) in [5.74, 6) is -0.563. The summed E-state index contributed by atoms with van der Waals surface area (Å²) in [4.78, 5) is 26.5. The highest BCUT2D eigenvalue weighted by atomic mass is 16.2. The molecule has 0 aliphatic heterocycles. The number of nitrogens with zero attached hydrogens (tertiary/aromatic N) is 1. The van der Waals surface area contributed by atoms with Gasteiger partial charge in [-0.2, -0.15) is 0 Å². The Kier molecular flexibility index (Phi) is 4.88. The number of anilines is 2. The Morgan fingerprint density at radius 3 is 2.43 bits per heavy atom. The first-order valence-electron chi connectivity index (χ1n) is 9.75. The van der Waals surface area contributed by atoms with Gasteiger partial charge in [-0.25, -0.2) is 0 Å². The number of carbonyl (C=O) groups excluding carboxylic acids is 2. The van der Waals surface area contributed by atoms with Gasteiger partial charge in [0.15, 0.2) is 0 Å². The van der Waals surface area contributed by atoms with Crippen molar-refractivity contribution < 1.29 is 9.59 Å². The first-order chi connectivity index (χ1) is 14.4. The van der Waals surface area contributed by atoms with E-state index in [1.165, 1.54) is 0 Å². The van der Waals surface area contributed by atoms with Crippen LogP contribution < -0.4 is 11.1 Å². The van der Waals surface area contributed by atoms with Crippen LogP contribution in [-0.2, 0) is 0 Å². The minimum absolute atomic E-state index is 0.176. The van der Waals surface area contributed by atoms with Crippen LogP contribution >= 0.6 is 0 Å². The van der Waals surface area contributed by atoms with E-state index >= 15 is 0 Å². The number of ketones is 1. The number of fused-ring (bicyclic) bond motifs is 1. The molecule has 4 rings (SSSR count). The molecule has 5 heteroatoms. The summed E-state index contributed by atoms with van der Waals surface area (Å²) in [6.45, 7) is 5.92. The van der Waals surface area contributed by atoms with Gasteiger partial charge < -0.3 is 15.5 Å². The van der Waals surface area contributed by atoms with Crippen molar-refractivity contribution in [1.82, 2.24) is 4.40 Å². The number of aryl methyl sites for hydroxylation is 3. The molecule has 0 unspecified atom stereocenters. The number of hydrogen-bond donors (Lipinski definition) is 2. The Labute approximate surface area is 175 Å². The molecule has 4 aromatic rings. The molecule has 30 heavy (non-hydrogen) atoms. The molecular formula is C25H23N3O2. The number of benzene rings is 2. The van der Waals surface area contributed by atoms with E-state index < -0.39 is 0 Å². The maximum absolute atomic E-state index is 13.4. The summed E-state index contributed by atoms with van der Waals surface area (Å²) < 4.78 is 1.69. The van der Waals surface area contributed by atoms with Crippen LogP contribution in [0, 0.1) is 20.8 Å². The van der Waals surface area contributed by atoms with E-state index in [9.17, 15) is 9.59 Å². The number of amides is 1. The molecule has 2 aromatic heterocycles. The second-order valence-electron chi connectivity index (χ2n) is 7.54. The van der Waals surface area contributed by atoms with Crippen LogP contribution in [0.25, 0.3) is 5.52 Å².